The van der Waals surface area contributed by atoms with Crippen molar-refractivity contribution >= 4 is 131 Å². The third-order valence-corrected chi connectivity index (χ3v) is 30.4. The Morgan fingerprint density at radius 1 is 0.373 bits per heavy atom. The molecule has 0 fully saturated rings. The zero-order chi connectivity index (χ0) is 76.3. The van der Waals surface area contributed by atoms with Crippen molar-refractivity contribution in [1.82, 2.24) is 0 Å². The first-order chi connectivity index (χ1) is 53.7. The minimum Gasteiger partial charge on any atom is -0.289 e. The monoisotopic (exact) mass is 1560 g/mol. The number of halogens is 4. The standard InChI is InChI=1S/C95H77F4N3O2S6/c1-6-11-15-19-23-54-27-35-60(36-28-54)94(61-37-29-55(30-38-61)24-20-16-12-7-2)80-86-76(45-64(105-86)43-70-78(58(10-5)51-100)66-47-72(96)74(98)49-68(66)84(70)103)107-88(80)90-82(94)92-93(109-90)83-91(110-92)89-81(87-77(108-89)46-65(106-87)44-71-79(59(52-101)53-102)67-48-73(97)75(99)50-69(67)85(71)104)95(83,62-39-31-56(32-40-62)25-21-17-13-8-3)63-41-33-57(34-42-63)26-22-18-14-9-4/h5,27-50H,6-9,11-26H2,1-4H3/b70-43-,71-44-,78-58-. The molecule has 12 aromatic rings. The predicted octanol–water partition coefficient (Wildman–Crippen LogP) is 27.6. The summed E-state index contributed by atoms with van der Waals surface area (Å²) in [6.45, 7) is 8.95. The van der Waals surface area contributed by atoms with E-state index in [9.17, 15) is 25.4 Å². The summed E-state index contributed by atoms with van der Waals surface area (Å²) in [4.78, 5) is 35.3. The molecule has 4 aliphatic carbocycles. The van der Waals surface area contributed by atoms with Crippen LogP contribution >= 0.6 is 68.0 Å². The van der Waals surface area contributed by atoms with E-state index in [1.807, 2.05) is 34.8 Å². The van der Waals surface area contributed by atoms with Gasteiger partial charge in [-0.3, -0.25) is 9.59 Å². The third kappa shape index (κ3) is 12.4. The minimum atomic E-state index is -1.20. The number of allylic oxidation sites excluding steroid dienone is 6. The lowest BCUT2D eigenvalue weighted by atomic mass is 9.67. The van der Waals surface area contributed by atoms with Crippen molar-refractivity contribution in [3.63, 3.8) is 0 Å². The van der Waals surface area contributed by atoms with Crippen molar-refractivity contribution in [1.29, 1.82) is 15.8 Å². The van der Waals surface area contributed by atoms with Crippen molar-refractivity contribution in [3.05, 3.63) is 278 Å². The number of thiophene rings is 6. The van der Waals surface area contributed by atoms with Gasteiger partial charge in [-0.15, -0.1) is 74.4 Å². The number of fused-ring (bicyclic) bond motifs is 15. The molecule has 0 aliphatic heterocycles. The topological polar surface area (TPSA) is 106 Å². The molecule has 0 saturated carbocycles. The normalized spacial score (nSPS) is 15.4. The molecule has 0 unspecified atom stereocenters. The molecule has 0 bridgehead atoms. The van der Waals surface area contributed by atoms with Gasteiger partial charge < -0.3 is 0 Å². The number of ketones is 2. The Balaban J connectivity index is 0.970. The molecule has 0 saturated heterocycles. The fourth-order valence-electron chi connectivity index (χ4n) is 17.4. The molecule has 6 heterocycles. The Hall–Kier alpha value is -9.65. The summed E-state index contributed by atoms with van der Waals surface area (Å²) in [6, 6.07) is 51.4. The van der Waals surface area contributed by atoms with E-state index < -0.39 is 45.7 Å². The van der Waals surface area contributed by atoms with Crippen LogP contribution in [0, 0.1) is 69.6 Å². The molecule has 6 aromatic heterocycles. The smallest absolute Gasteiger partial charge is 0.194 e. The Bertz CT molecular complexity index is 5540. The highest BCUT2D eigenvalue weighted by atomic mass is 32.1. The quantitative estimate of drug-likeness (QED) is 0.0177. The molecular weight excluding hydrogens is 1480 g/mol. The maximum Gasteiger partial charge on any atom is 0.194 e. The maximum atomic E-state index is 15.2. The zero-order valence-electron chi connectivity index (χ0n) is 61.7. The van der Waals surface area contributed by atoms with Crippen LogP contribution in [0.3, 0.4) is 0 Å². The molecule has 548 valence electrons. The Morgan fingerprint density at radius 2 is 0.664 bits per heavy atom. The van der Waals surface area contributed by atoms with Gasteiger partial charge in [-0.1, -0.05) is 208 Å². The molecule has 16 rings (SSSR count). The van der Waals surface area contributed by atoms with E-state index in [2.05, 4.69) is 149 Å². The van der Waals surface area contributed by atoms with E-state index in [-0.39, 0.29) is 55.7 Å². The van der Waals surface area contributed by atoms with Gasteiger partial charge >= 0.3 is 0 Å². The van der Waals surface area contributed by atoms with Gasteiger partial charge in [0.1, 0.15) is 29.4 Å². The third-order valence-electron chi connectivity index (χ3n) is 22.8. The molecule has 15 heteroatoms. The van der Waals surface area contributed by atoms with E-state index in [4.69, 9.17) is 6.42 Å². The number of hydrogen-bond donors (Lipinski definition) is 0. The van der Waals surface area contributed by atoms with Gasteiger partial charge in [0.2, 0.25) is 0 Å². The van der Waals surface area contributed by atoms with Crippen molar-refractivity contribution < 1.29 is 27.2 Å². The number of Topliss-reactive ketones (excluding diaryl/α,β-unsaturated/α-hetero) is 2. The van der Waals surface area contributed by atoms with E-state index in [1.165, 1.54) is 78.2 Å². The van der Waals surface area contributed by atoms with Gasteiger partial charge in [0.15, 0.2) is 34.8 Å². The maximum absolute atomic E-state index is 15.2. The van der Waals surface area contributed by atoms with E-state index in [1.54, 1.807) is 57.5 Å². The van der Waals surface area contributed by atoms with Crippen molar-refractivity contribution in [2.24, 2.45) is 0 Å². The van der Waals surface area contributed by atoms with Crippen LogP contribution in [-0.4, -0.2) is 11.6 Å². The zero-order valence-corrected chi connectivity index (χ0v) is 66.6. The van der Waals surface area contributed by atoms with Crippen molar-refractivity contribution in [2.45, 2.75) is 167 Å². The molecule has 0 radical (unpaired) electrons. The lowest BCUT2D eigenvalue weighted by molar-refractivity contribution is 0.103. The highest BCUT2D eigenvalue weighted by Gasteiger charge is 2.57. The number of unbranched alkanes of at least 4 members (excludes halogenated alkanes) is 12. The summed E-state index contributed by atoms with van der Waals surface area (Å²) >= 11 is 10.3. The van der Waals surface area contributed by atoms with Gasteiger partial charge in [-0.05, 0) is 156 Å². The van der Waals surface area contributed by atoms with Gasteiger partial charge in [-0.2, -0.15) is 15.8 Å². The van der Waals surface area contributed by atoms with Crippen LogP contribution in [0.1, 0.15) is 239 Å². The summed E-state index contributed by atoms with van der Waals surface area (Å²) in [5.41, 5.74) is 12.0. The second-order valence-electron chi connectivity index (χ2n) is 29.5. The number of carbonyl (C=O) groups is 2. The molecule has 0 N–H and O–H groups in total. The lowest BCUT2D eigenvalue weighted by Crippen LogP contribution is -2.29. The first kappa shape index (κ1) is 74.4. The van der Waals surface area contributed by atoms with Crippen molar-refractivity contribution in [3.8, 4) is 50.1 Å². The molecule has 0 amide bonds. The SMILES string of the molecule is C#C/C(C#N)=C1/C(=C/c2cc3sc4c(c3s2)C(c2ccc(CCCCCC)cc2)(c2ccc(CCCCCC)cc2)c2c-4sc3c4c(sc23)-c2sc3cc(/C=C5\C(=O)c6cc(F)c(F)cc6C5=C(C#N)C#N)sc3c2C4(c2ccc(CCCCCC)cc2)c2ccc(CCCCCC)cc2)C(=O)c2cc(F)c(F)cc21. The van der Waals surface area contributed by atoms with Crippen LogP contribution in [0.4, 0.5) is 17.6 Å². The van der Waals surface area contributed by atoms with Gasteiger partial charge in [0, 0.05) is 74.8 Å². The first-order valence-electron chi connectivity index (χ1n) is 38.5. The van der Waals surface area contributed by atoms with Crippen LogP contribution in [0.15, 0.2) is 156 Å². The average molecular weight is 1560 g/mol. The second kappa shape index (κ2) is 30.9. The molecular formula is C95H77F4N3O2S6. The minimum absolute atomic E-state index is 0.00710. The summed E-state index contributed by atoms with van der Waals surface area (Å²) < 4.78 is 67.0. The molecule has 4 aliphatic rings. The Morgan fingerprint density at radius 3 is 0.964 bits per heavy atom. The van der Waals surface area contributed by atoms with Crippen LogP contribution in [0.2, 0.25) is 0 Å². The largest absolute Gasteiger partial charge is 0.289 e. The van der Waals surface area contributed by atoms with E-state index in [0.29, 0.717) is 4.88 Å². The highest BCUT2D eigenvalue weighted by molar-refractivity contribution is 7.37. The van der Waals surface area contributed by atoms with Crippen molar-refractivity contribution in [2.75, 3.05) is 0 Å². The van der Waals surface area contributed by atoms with E-state index in [0.717, 1.165) is 194 Å². The Kier molecular flexibility index (Phi) is 20.9. The number of nitrogens with zero attached hydrogens (tertiary/aromatic N) is 3. The number of hydrogen-bond acceptors (Lipinski definition) is 11. The highest BCUT2D eigenvalue weighted by Crippen LogP contribution is 2.72. The molecule has 5 nitrogen and oxygen atoms in total. The molecule has 0 spiro atoms. The number of benzene rings is 6. The van der Waals surface area contributed by atoms with E-state index >= 15 is 17.6 Å². The Labute approximate surface area is 663 Å². The first-order valence-corrected chi connectivity index (χ1v) is 43.4. The van der Waals surface area contributed by atoms with Gasteiger partial charge in [0.05, 0.1) is 49.1 Å². The van der Waals surface area contributed by atoms with Crippen LogP contribution in [0.5, 0.6) is 0 Å². The number of nitriles is 3. The van der Waals surface area contributed by atoms with Crippen LogP contribution < -0.4 is 0 Å². The number of aryl methyl sites for hydroxylation is 4. The fourth-order valence-corrected chi connectivity index (χ4v) is 26.2. The molecule has 0 atom stereocenters. The summed E-state index contributed by atoms with van der Waals surface area (Å²) in [7, 11) is 0. The average Bonchev–Trinajstić information content (AvgIpc) is 1.48. The fraction of sp³-hybridized carbons (Fsp3) is 0.274. The molecule has 6 aromatic carbocycles. The summed E-state index contributed by atoms with van der Waals surface area (Å²) in [5.74, 6) is -3.41. The van der Waals surface area contributed by atoms with Gasteiger partial charge in [-0.25, -0.2) is 17.6 Å². The number of terminal acetylenes is 1. The molecule has 110 heavy (non-hydrogen) atoms. The summed E-state index contributed by atoms with van der Waals surface area (Å²) in [6.07, 6.45) is 31.4. The van der Waals surface area contributed by atoms with Crippen LogP contribution in [-0.2, 0) is 36.5 Å². The lowest BCUT2D eigenvalue weighted by Gasteiger charge is -2.34. The van der Waals surface area contributed by atoms with Gasteiger partial charge in [0.25, 0.3) is 0 Å². The van der Waals surface area contributed by atoms with Crippen LogP contribution in [0.25, 0.3) is 71.0 Å². The second-order valence-corrected chi connectivity index (χ2v) is 35.8. The predicted molar refractivity (Wildman–Crippen MR) is 449 cm³/mol. The summed E-state index contributed by atoms with van der Waals surface area (Å²) in [5, 5.41) is 31.2. The number of rotatable bonds is 26. The number of carbonyl (C=O) groups excluding carboxylic acids is 2.